The van der Waals surface area contributed by atoms with Crippen LogP contribution in [-0.2, 0) is 6.18 Å². The summed E-state index contributed by atoms with van der Waals surface area (Å²) in [5.74, 6) is -0.416. The Hall–Kier alpha value is -2.04. The summed E-state index contributed by atoms with van der Waals surface area (Å²) in [6, 6.07) is 0. The van der Waals surface area contributed by atoms with E-state index in [4.69, 9.17) is 10.8 Å². The SMILES string of the molecule is Nc1ncc(C(F)(F)F)n2c(C3CCCN(C(=O)O)C3)nc(Br)c12. The lowest BCUT2D eigenvalue weighted by Gasteiger charge is -2.30. The van der Waals surface area contributed by atoms with E-state index in [-0.39, 0.29) is 28.3 Å². The highest BCUT2D eigenvalue weighted by molar-refractivity contribution is 9.10. The molecule has 2 aromatic rings. The fourth-order valence-electron chi connectivity index (χ4n) is 2.96. The molecule has 1 atom stereocenters. The van der Waals surface area contributed by atoms with Crippen molar-refractivity contribution in [1.29, 1.82) is 0 Å². The molecule has 0 bridgehead atoms. The number of hydrogen-bond donors (Lipinski definition) is 2. The molecule has 1 aliphatic heterocycles. The number of anilines is 1. The zero-order chi connectivity index (χ0) is 17.6. The summed E-state index contributed by atoms with van der Waals surface area (Å²) in [4.78, 5) is 20.1. The lowest BCUT2D eigenvalue weighted by Crippen LogP contribution is -2.38. The zero-order valence-corrected chi connectivity index (χ0v) is 13.8. The van der Waals surface area contributed by atoms with Crippen molar-refractivity contribution in [2.45, 2.75) is 24.9 Å². The number of carbonyl (C=O) groups is 1. The highest BCUT2D eigenvalue weighted by atomic mass is 79.9. The highest BCUT2D eigenvalue weighted by Crippen LogP contribution is 2.37. The number of likely N-dealkylation sites (tertiary alicyclic amines) is 1. The number of nitrogens with two attached hydrogens (primary N) is 1. The zero-order valence-electron chi connectivity index (χ0n) is 12.2. The number of nitrogen functional groups attached to an aromatic ring is 1. The number of alkyl halides is 3. The molecule has 1 saturated heterocycles. The van der Waals surface area contributed by atoms with Crippen LogP contribution in [0.15, 0.2) is 10.8 Å². The van der Waals surface area contributed by atoms with Gasteiger partial charge in [0, 0.05) is 19.0 Å². The molecular weight excluding hydrogens is 395 g/mol. The first-order valence-corrected chi connectivity index (χ1v) is 7.87. The summed E-state index contributed by atoms with van der Waals surface area (Å²) in [7, 11) is 0. The molecule has 7 nitrogen and oxygen atoms in total. The average Bonchev–Trinajstić information content (AvgIpc) is 2.85. The first-order chi connectivity index (χ1) is 11.2. The molecule has 11 heteroatoms. The molecule has 0 aliphatic carbocycles. The third-order valence-electron chi connectivity index (χ3n) is 4.02. The maximum Gasteiger partial charge on any atom is 0.433 e. The minimum absolute atomic E-state index is 0.0345. The molecule has 0 saturated carbocycles. The molecule has 1 amide bonds. The molecule has 0 spiro atoms. The van der Waals surface area contributed by atoms with Crippen molar-refractivity contribution in [2.75, 3.05) is 18.8 Å². The van der Waals surface area contributed by atoms with Crippen molar-refractivity contribution in [3.8, 4) is 0 Å². The van der Waals surface area contributed by atoms with Crippen LogP contribution in [0.4, 0.5) is 23.8 Å². The Labute approximate surface area is 142 Å². The monoisotopic (exact) mass is 407 g/mol. The van der Waals surface area contributed by atoms with Crippen LogP contribution < -0.4 is 5.73 Å². The molecular formula is C13H13BrF3N5O2. The van der Waals surface area contributed by atoms with E-state index < -0.39 is 23.9 Å². The van der Waals surface area contributed by atoms with E-state index in [9.17, 15) is 18.0 Å². The maximum absolute atomic E-state index is 13.4. The second-order valence-electron chi connectivity index (χ2n) is 5.54. The Morgan fingerprint density at radius 2 is 2.17 bits per heavy atom. The van der Waals surface area contributed by atoms with Crippen LogP contribution in [0, 0.1) is 0 Å². The van der Waals surface area contributed by atoms with Crippen LogP contribution >= 0.6 is 15.9 Å². The van der Waals surface area contributed by atoms with Crippen LogP contribution in [0.25, 0.3) is 5.52 Å². The number of rotatable bonds is 1. The number of piperidine rings is 1. The summed E-state index contributed by atoms with van der Waals surface area (Å²) in [5, 5.41) is 9.13. The standard InChI is InChI=1S/C13H13BrF3N5O2/c14-9-8-10(18)19-4-7(13(15,16)17)22(8)11(20-9)6-2-1-3-21(5-6)12(23)24/h4,6H,1-3,5H2,(H2,18,19)(H,23,24). The Morgan fingerprint density at radius 1 is 1.46 bits per heavy atom. The number of carboxylic acid groups (broad SMARTS) is 1. The van der Waals surface area contributed by atoms with Crippen LogP contribution in [0.5, 0.6) is 0 Å². The minimum atomic E-state index is -4.64. The molecule has 1 unspecified atom stereocenters. The third kappa shape index (κ3) is 2.76. The van der Waals surface area contributed by atoms with Crippen molar-refractivity contribution < 1.29 is 23.1 Å². The highest BCUT2D eigenvalue weighted by Gasteiger charge is 2.38. The lowest BCUT2D eigenvalue weighted by atomic mass is 9.97. The van der Waals surface area contributed by atoms with E-state index >= 15 is 0 Å². The number of aromatic nitrogens is 3. The van der Waals surface area contributed by atoms with Gasteiger partial charge in [-0.2, -0.15) is 13.2 Å². The molecule has 2 aromatic heterocycles. The van der Waals surface area contributed by atoms with Crippen LogP contribution in [-0.4, -0.2) is 43.6 Å². The number of nitrogens with zero attached hydrogens (tertiary/aromatic N) is 4. The van der Waals surface area contributed by atoms with E-state index in [0.29, 0.717) is 25.6 Å². The summed E-state index contributed by atoms with van der Waals surface area (Å²) >= 11 is 3.13. The number of fused-ring (bicyclic) bond motifs is 1. The molecule has 3 rings (SSSR count). The van der Waals surface area contributed by atoms with Gasteiger partial charge < -0.3 is 15.7 Å². The predicted octanol–water partition coefficient (Wildman–Crippen LogP) is 2.95. The number of hydrogen-bond acceptors (Lipinski definition) is 4. The van der Waals surface area contributed by atoms with Gasteiger partial charge in [0.05, 0.1) is 6.20 Å². The Bertz CT molecular complexity index is 807. The smallest absolute Gasteiger partial charge is 0.433 e. The second-order valence-corrected chi connectivity index (χ2v) is 6.29. The molecule has 1 aliphatic rings. The van der Waals surface area contributed by atoms with Gasteiger partial charge in [-0.1, -0.05) is 0 Å². The van der Waals surface area contributed by atoms with Gasteiger partial charge in [0.25, 0.3) is 0 Å². The van der Waals surface area contributed by atoms with E-state index in [1.807, 2.05) is 0 Å². The Balaban J connectivity index is 2.18. The summed E-state index contributed by atoms with van der Waals surface area (Å²) in [5.41, 5.74) is 4.76. The van der Waals surface area contributed by atoms with Crippen molar-refractivity contribution in [3.63, 3.8) is 0 Å². The van der Waals surface area contributed by atoms with Gasteiger partial charge in [-0.25, -0.2) is 14.8 Å². The van der Waals surface area contributed by atoms with Crippen molar-refractivity contribution in [2.24, 2.45) is 0 Å². The van der Waals surface area contributed by atoms with E-state index in [1.54, 1.807) is 0 Å². The Kier molecular flexibility index (Phi) is 4.06. The molecule has 3 heterocycles. The van der Waals surface area contributed by atoms with Gasteiger partial charge in [0.1, 0.15) is 21.6 Å². The number of imidazole rings is 1. The number of amides is 1. The number of halogens is 4. The minimum Gasteiger partial charge on any atom is -0.465 e. The first-order valence-electron chi connectivity index (χ1n) is 7.07. The van der Waals surface area contributed by atoms with E-state index in [2.05, 4.69) is 25.9 Å². The van der Waals surface area contributed by atoms with Gasteiger partial charge in [0.15, 0.2) is 5.82 Å². The average molecular weight is 408 g/mol. The van der Waals surface area contributed by atoms with Gasteiger partial charge in [-0.15, -0.1) is 0 Å². The van der Waals surface area contributed by atoms with Gasteiger partial charge >= 0.3 is 12.3 Å². The first kappa shape index (κ1) is 16.8. The van der Waals surface area contributed by atoms with E-state index in [1.165, 1.54) is 4.90 Å². The molecule has 130 valence electrons. The predicted molar refractivity (Wildman–Crippen MR) is 81.7 cm³/mol. The maximum atomic E-state index is 13.4. The fraction of sp³-hybridized carbons (Fsp3) is 0.462. The van der Waals surface area contributed by atoms with Crippen molar-refractivity contribution >= 4 is 33.4 Å². The molecule has 0 radical (unpaired) electrons. The fourth-order valence-corrected chi connectivity index (χ4v) is 3.52. The van der Waals surface area contributed by atoms with Crippen LogP contribution in [0.1, 0.15) is 30.3 Å². The summed E-state index contributed by atoms with van der Waals surface area (Å²) in [6.45, 7) is 0.437. The molecule has 24 heavy (non-hydrogen) atoms. The lowest BCUT2D eigenvalue weighted by molar-refractivity contribution is -0.142. The molecule has 1 fully saturated rings. The molecule has 3 N–H and O–H groups in total. The normalized spacial score (nSPS) is 19.0. The van der Waals surface area contributed by atoms with Crippen LogP contribution in [0.3, 0.4) is 0 Å². The van der Waals surface area contributed by atoms with Crippen molar-refractivity contribution in [1.82, 2.24) is 19.3 Å². The van der Waals surface area contributed by atoms with Gasteiger partial charge in [0.2, 0.25) is 0 Å². The summed E-state index contributed by atoms with van der Waals surface area (Å²) < 4.78 is 41.2. The quantitative estimate of drug-likeness (QED) is 0.757. The van der Waals surface area contributed by atoms with Gasteiger partial charge in [-0.05, 0) is 28.8 Å². The molecule has 0 aromatic carbocycles. The topological polar surface area (TPSA) is 96.8 Å². The summed E-state index contributed by atoms with van der Waals surface area (Å²) in [6.07, 6.45) is -4.00. The van der Waals surface area contributed by atoms with Crippen molar-refractivity contribution in [3.05, 3.63) is 22.3 Å². The third-order valence-corrected chi connectivity index (χ3v) is 4.57. The second kappa shape index (κ2) is 5.80. The Morgan fingerprint density at radius 3 is 2.79 bits per heavy atom. The van der Waals surface area contributed by atoms with Gasteiger partial charge in [-0.3, -0.25) is 4.40 Å². The van der Waals surface area contributed by atoms with E-state index in [0.717, 1.165) is 4.40 Å². The van der Waals surface area contributed by atoms with Crippen LogP contribution in [0.2, 0.25) is 0 Å². The largest absolute Gasteiger partial charge is 0.465 e.